The van der Waals surface area contributed by atoms with Crippen LogP contribution in [0.2, 0.25) is 10.0 Å². The number of amides is 1. The number of carbonyl (C=O) groups is 2. The van der Waals surface area contributed by atoms with Crippen LogP contribution in [0.1, 0.15) is 61.9 Å². The molecular weight excluding hydrogens is 437 g/mol. The predicted molar refractivity (Wildman–Crippen MR) is 123 cm³/mol. The molecule has 2 aromatic carbocycles. The molecular formula is C24H27Cl2NO4. The van der Waals surface area contributed by atoms with Crippen molar-refractivity contribution in [3.8, 4) is 5.75 Å². The third-order valence-corrected chi connectivity index (χ3v) is 6.08. The summed E-state index contributed by atoms with van der Waals surface area (Å²) in [5, 5.41) is 4.01. The lowest BCUT2D eigenvalue weighted by atomic mass is 9.78. The van der Waals surface area contributed by atoms with Crippen molar-refractivity contribution in [1.29, 1.82) is 0 Å². The van der Waals surface area contributed by atoms with Crippen LogP contribution in [-0.2, 0) is 14.9 Å². The van der Waals surface area contributed by atoms with Crippen molar-refractivity contribution in [3.63, 3.8) is 0 Å². The predicted octanol–water partition coefficient (Wildman–Crippen LogP) is 6.41. The van der Waals surface area contributed by atoms with Gasteiger partial charge in [0, 0.05) is 15.7 Å². The summed E-state index contributed by atoms with van der Waals surface area (Å²) in [5.74, 6) is -0.193. The van der Waals surface area contributed by atoms with Gasteiger partial charge < -0.3 is 14.8 Å². The molecule has 1 fully saturated rings. The molecule has 0 heterocycles. The number of nitrogens with one attached hydrogen (secondary N) is 1. The zero-order valence-electron chi connectivity index (χ0n) is 17.8. The molecule has 1 aliphatic rings. The molecule has 2 aromatic rings. The molecule has 0 atom stereocenters. The largest absolute Gasteiger partial charge is 0.493 e. The number of carbonyl (C=O) groups excluding carboxylic acids is 2. The lowest BCUT2D eigenvalue weighted by molar-refractivity contribution is -0.121. The number of hydrogen-bond donors (Lipinski definition) is 1. The second kappa shape index (κ2) is 10.4. The van der Waals surface area contributed by atoms with E-state index in [4.69, 9.17) is 32.7 Å². The Balaban J connectivity index is 1.91. The minimum Gasteiger partial charge on any atom is -0.493 e. The minimum atomic E-state index is -0.733. The van der Waals surface area contributed by atoms with Crippen molar-refractivity contribution in [2.45, 2.75) is 51.4 Å². The molecule has 0 bridgehead atoms. The van der Waals surface area contributed by atoms with Crippen molar-refractivity contribution >= 4 is 40.8 Å². The number of ether oxygens (including phenoxy) is 2. The Kier molecular flexibility index (Phi) is 7.84. The van der Waals surface area contributed by atoms with Crippen molar-refractivity contribution in [2.24, 2.45) is 0 Å². The van der Waals surface area contributed by atoms with E-state index in [0.717, 1.165) is 24.8 Å². The molecule has 1 N–H and O–H groups in total. The standard InChI is InChI=1S/C24H27Cl2NO4/c1-3-13-31-21-10-8-17(15-18(21)22(28)30-4-2)27-23(29)24(11-5-6-12-24)19-9-7-16(25)14-20(19)26/h7-10,14-15H,3-6,11-13H2,1-2H3,(H,27,29). The maximum atomic E-state index is 13.5. The maximum absolute atomic E-state index is 13.5. The van der Waals surface area contributed by atoms with Crippen molar-refractivity contribution in [2.75, 3.05) is 18.5 Å². The van der Waals surface area contributed by atoms with Crippen LogP contribution in [0.15, 0.2) is 36.4 Å². The first-order chi connectivity index (χ1) is 14.9. The molecule has 0 aliphatic heterocycles. The average Bonchev–Trinajstić information content (AvgIpc) is 3.24. The van der Waals surface area contributed by atoms with Gasteiger partial charge in [0.25, 0.3) is 0 Å². The van der Waals surface area contributed by atoms with Gasteiger partial charge in [-0.2, -0.15) is 0 Å². The van der Waals surface area contributed by atoms with Crippen LogP contribution in [-0.4, -0.2) is 25.1 Å². The van der Waals surface area contributed by atoms with E-state index in [-0.39, 0.29) is 18.1 Å². The van der Waals surface area contributed by atoms with E-state index >= 15 is 0 Å². The van der Waals surface area contributed by atoms with Gasteiger partial charge in [0.05, 0.1) is 18.6 Å². The van der Waals surface area contributed by atoms with Crippen LogP contribution >= 0.6 is 23.2 Å². The van der Waals surface area contributed by atoms with Crippen molar-refractivity contribution in [3.05, 3.63) is 57.6 Å². The van der Waals surface area contributed by atoms with Gasteiger partial charge in [0.15, 0.2) is 0 Å². The number of halogens is 2. The van der Waals surface area contributed by atoms with E-state index in [1.807, 2.05) is 13.0 Å². The molecule has 0 spiro atoms. The molecule has 1 saturated carbocycles. The smallest absolute Gasteiger partial charge is 0.341 e. The molecule has 1 amide bonds. The Morgan fingerprint density at radius 1 is 1.06 bits per heavy atom. The minimum absolute atomic E-state index is 0.147. The van der Waals surface area contributed by atoms with E-state index in [9.17, 15) is 9.59 Å². The van der Waals surface area contributed by atoms with Gasteiger partial charge in [-0.1, -0.05) is 49.0 Å². The Morgan fingerprint density at radius 2 is 1.81 bits per heavy atom. The molecule has 0 saturated heterocycles. The van der Waals surface area contributed by atoms with Gasteiger partial charge in [-0.25, -0.2) is 4.79 Å². The summed E-state index contributed by atoms with van der Waals surface area (Å²) in [6, 6.07) is 10.3. The van der Waals surface area contributed by atoms with Crippen LogP contribution < -0.4 is 10.1 Å². The quantitative estimate of drug-likeness (QED) is 0.459. The highest BCUT2D eigenvalue weighted by molar-refractivity contribution is 6.35. The maximum Gasteiger partial charge on any atom is 0.341 e. The third kappa shape index (κ3) is 5.16. The molecule has 5 nitrogen and oxygen atoms in total. The number of anilines is 1. The van der Waals surface area contributed by atoms with Crippen LogP contribution in [0.5, 0.6) is 5.75 Å². The van der Waals surface area contributed by atoms with Crippen LogP contribution in [0, 0.1) is 0 Å². The first-order valence-corrected chi connectivity index (χ1v) is 11.4. The van der Waals surface area contributed by atoms with E-state index in [2.05, 4.69) is 5.32 Å². The lowest BCUT2D eigenvalue weighted by Gasteiger charge is -2.29. The summed E-state index contributed by atoms with van der Waals surface area (Å²) >= 11 is 12.5. The van der Waals surface area contributed by atoms with Gasteiger partial charge in [-0.05, 0) is 62.1 Å². The molecule has 3 rings (SSSR count). The summed E-state index contributed by atoms with van der Waals surface area (Å²) in [4.78, 5) is 25.9. The fraction of sp³-hybridized carbons (Fsp3) is 0.417. The van der Waals surface area contributed by atoms with Crippen LogP contribution in [0.3, 0.4) is 0 Å². The van der Waals surface area contributed by atoms with Crippen LogP contribution in [0.25, 0.3) is 0 Å². The van der Waals surface area contributed by atoms with Gasteiger partial charge in [0.2, 0.25) is 5.91 Å². The molecule has 166 valence electrons. The van der Waals surface area contributed by atoms with E-state index in [0.29, 0.717) is 40.9 Å². The Morgan fingerprint density at radius 3 is 2.45 bits per heavy atom. The summed E-state index contributed by atoms with van der Waals surface area (Å²) in [7, 11) is 0. The molecule has 31 heavy (non-hydrogen) atoms. The monoisotopic (exact) mass is 463 g/mol. The van der Waals surface area contributed by atoms with E-state index < -0.39 is 11.4 Å². The normalized spacial score (nSPS) is 14.8. The molecule has 0 unspecified atom stereocenters. The van der Waals surface area contributed by atoms with E-state index in [1.54, 1.807) is 37.3 Å². The van der Waals surface area contributed by atoms with Gasteiger partial charge in [-0.15, -0.1) is 0 Å². The highest BCUT2D eigenvalue weighted by Gasteiger charge is 2.44. The Bertz CT molecular complexity index is 955. The first kappa shape index (κ1) is 23.4. The summed E-state index contributed by atoms with van der Waals surface area (Å²) in [5.41, 5.74) is 0.844. The molecule has 0 radical (unpaired) electrons. The topological polar surface area (TPSA) is 64.6 Å². The van der Waals surface area contributed by atoms with E-state index in [1.165, 1.54) is 0 Å². The number of benzene rings is 2. The Labute approximate surface area is 193 Å². The lowest BCUT2D eigenvalue weighted by Crippen LogP contribution is -2.38. The average molecular weight is 464 g/mol. The summed E-state index contributed by atoms with van der Waals surface area (Å²) in [6.07, 6.45) is 4.07. The number of rotatable bonds is 8. The van der Waals surface area contributed by atoms with Gasteiger partial charge in [-0.3, -0.25) is 4.79 Å². The van der Waals surface area contributed by atoms with Gasteiger partial charge >= 0.3 is 5.97 Å². The SMILES string of the molecule is CCCOc1ccc(NC(=O)C2(c3ccc(Cl)cc3Cl)CCCC2)cc1C(=O)OCC. The zero-order chi connectivity index (χ0) is 22.4. The molecule has 7 heteroatoms. The summed E-state index contributed by atoms with van der Waals surface area (Å²) in [6.45, 7) is 4.47. The van der Waals surface area contributed by atoms with Crippen molar-refractivity contribution < 1.29 is 19.1 Å². The second-order valence-corrected chi connectivity index (χ2v) is 8.49. The zero-order valence-corrected chi connectivity index (χ0v) is 19.3. The molecule has 0 aromatic heterocycles. The Hall–Kier alpha value is -2.24. The fourth-order valence-electron chi connectivity index (χ4n) is 4.04. The molecule has 1 aliphatic carbocycles. The highest BCUT2D eigenvalue weighted by Crippen LogP contribution is 2.45. The summed E-state index contributed by atoms with van der Waals surface area (Å²) < 4.78 is 10.8. The van der Waals surface area contributed by atoms with Crippen molar-refractivity contribution in [1.82, 2.24) is 0 Å². The third-order valence-electron chi connectivity index (χ3n) is 5.53. The first-order valence-electron chi connectivity index (χ1n) is 10.6. The fourth-order valence-corrected chi connectivity index (χ4v) is 4.63. The second-order valence-electron chi connectivity index (χ2n) is 7.65. The number of esters is 1. The highest BCUT2D eigenvalue weighted by atomic mass is 35.5. The van der Waals surface area contributed by atoms with Gasteiger partial charge in [0.1, 0.15) is 11.3 Å². The number of hydrogen-bond acceptors (Lipinski definition) is 4. The van der Waals surface area contributed by atoms with Crippen LogP contribution in [0.4, 0.5) is 5.69 Å².